The number of nitrogens with zero attached hydrogens (tertiary/aromatic N) is 2. The summed E-state index contributed by atoms with van der Waals surface area (Å²) in [5, 5.41) is 20.1. The number of rotatable bonds is 4. The lowest BCUT2D eigenvalue weighted by molar-refractivity contribution is -0.0733. The zero-order valence-corrected chi connectivity index (χ0v) is 14.1. The molecule has 24 heavy (non-hydrogen) atoms. The first-order valence-corrected chi connectivity index (χ1v) is 8.57. The van der Waals surface area contributed by atoms with Crippen LogP contribution in [0.25, 0.3) is 10.3 Å². The highest BCUT2D eigenvalue weighted by molar-refractivity contribution is 7.16. The molecule has 0 bridgehead atoms. The molecule has 5 N–H and O–H groups in total. The van der Waals surface area contributed by atoms with Gasteiger partial charge in [-0.15, -0.1) is 0 Å². The maximum absolute atomic E-state index is 12.4. The Labute approximate surface area is 140 Å². The van der Waals surface area contributed by atoms with Gasteiger partial charge >= 0.3 is 4.87 Å². The molecule has 1 fully saturated rings. The minimum atomic E-state index is -0.814. The van der Waals surface area contributed by atoms with Crippen molar-refractivity contribution in [3.05, 3.63) is 20.0 Å². The molecule has 0 radical (unpaired) electrons. The van der Waals surface area contributed by atoms with Gasteiger partial charge in [0.05, 0.1) is 18.3 Å². The van der Waals surface area contributed by atoms with Crippen LogP contribution in [0.15, 0.2) is 9.59 Å². The van der Waals surface area contributed by atoms with Gasteiger partial charge in [0.25, 0.3) is 5.56 Å². The number of hydrogen-bond donors (Lipinski definition) is 4. The molecule has 3 rings (SSSR count). The summed E-state index contributed by atoms with van der Waals surface area (Å²) in [7, 11) is 0. The van der Waals surface area contributed by atoms with Crippen molar-refractivity contribution in [3.8, 4) is 0 Å². The first-order chi connectivity index (χ1) is 11.3. The third-order valence-corrected chi connectivity index (χ3v) is 5.34. The van der Waals surface area contributed by atoms with Gasteiger partial charge < -0.3 is 20.7 Å². The summed E-state index contributed by atoms with van der Waals surface area (Å²) in [6.45, 7) is 3.43. The minimum absolute atomic E-state index is 0.101. The van der Waals surface area contributed by atoms with Crippen LogP contribution in [0, 0.1) is 5.92 Å². The van der Waals surface area contributed by atoms with Gasteiger partial charge in [0, 0.05) is 5.92 Å². The van der Waals surface area contributed by atoms with E-state index in [1.165, 1.54) is 4.57 Å². The molecule has 0 saturated carbocycles. The summed E-state index contributed by atoms with van der Waals surface area (Å²) in [6, 6.07) is 0. The molecule has 10 heteroatoms. The van der Waals surface area contributed by atoms with Crippen LogP contribution in [0.1, 0.15) is 32.9 Å². The third kappa shape index (κ3) is 2.75. The fourth-order valence-corrected chi connectivity index (χ4v) is 3.93. The number of aromatic amines is 1. The maximum Gasteiger partial charge on any atom is 0.311 e. The van der Waals surface area contributed by atoms with Crippen molar-refractivity contribution < 1.29 is 14.9 Å². The van der Waals surface area contributed by atoms with Gasteiger partial charge in [-0.05, 0) is 19.8 Å². The lowest BCUT2D eigenvalue weighted by Crippen LogP contribution is -2.30. The predicted molar refractivity (Wildman–Crippen MR) is 88.9 cm³/mol. The lowest BCUT2D eigenvalue weighted by Gasteiger charge is -2.22. The van der Waals surface area contributed by atoms with Crippen LogP contribution in [0.2, 0.25) is 0 Å². The molecule has 1 aliphatic heterocycles. The Hall–Kier alpha value is -1.75. The smallest absolute Gasteiger partial charge is 0.311 e. The van der Waals surface area contributed by atoms with E-state index in [4.69, 9.17) is 10.5 Å². The summed E-state index contributed by atoms with van der Waals surface area (Å²) < 4.78 is 7.28. The van der Waals surface area contributed by atoms with Crippen LogP contribution in [0.3, 0.4) is 0 Å². The van der Waals surface area contributed by atoms with E-state index in [1.54, 1.807) is 6.92 Å². The van der Waals surface area contributed by atoms with Crippen LogP contribution in [0.4, 0.5) is 5.95 Å². The number of nitrogen functional groups attached to an aromatic ring is 1. The number of thiazole rings is 1. The van der Waals surface area contributed by atoms with Gasteiger partial charge in [0.2, 0.25) is 5.95 Å². The van der Waals surface area contributed by atoms with E-state index in [9.17, 15) is 19.8 Å². The summed E-state index contributed by atoms with van der Waals surface area (Å²) in [6.07, 6.45) is -1.87. The van der Waals surface area contributed by atoms with Gasteiger partial charge in [-0.3, -0.25) is 19.1 Å². The van der Waals surface area contributed by atoms with Gasteiger partial charge in [-0.2, -0.15) is 4.98 Å². The molecule has 1 unspecified atom stereocenters. The second kappa shape index (κ2) is 6.28. The molecule has 1 aliphatic rings. The Morgan fingerprint density at radius 1 is 1.50 bits per heavy atom. The van der Waals surface area contributed by atoms with Gasteiger partial charge in [-0.1, -0.05) is 18.3 Å². The summed E-state index contributed by atoms with van der Waals surface area (Å²) in [4.78, 5) is 30.4. The Balaban J connectivity index is 2.13. The number of aliphatic hydroxyl groups is 2. The number of aliphatic hydroxyl groups excluding tert-OH is 2. The van der Waals surface area contributed by atoms with Gasteiger partial charge in [0.15, 0.2) is 5.65 Å². The zero-order valence-electron chi connectivity index (χ0n) is 13.3. The average Bonchev–Trinajstić information content (AvgIpc) is 3.07. The number of nitrogens with two attached hydrogens (primary N) is 1. The van der Waals surface area contributed by atoms with E-state index in [-0.39, 0.29) is 16.3 Å². The van der Waals surface area contributed by atoms with Crippen molar-refractivity contribution in [2.45, 2.75) is 51.2 Å². The molecule has 0 aliphatic carbocycles. The molecule has 2 aromatic heterocycles. The van der Waals surface area contributed by atoms with Crippen molar-refractivity contribution in [2.75, 3.05) is 5.73 Å². The van der Waals surface area contributed by atoms with Crippen LogP contribution in [-0.2, 0) is 4.74 Å². The molecule has 0 spiro atoms. The van der Waals surface area contributed by atoms with Crippen molar-refractivity contribution >= 4 is 27.6 Å². The molecule has 9 nitrogen and oxygen atoms in total. The maximum atomic E-state index is 12.4. The second-order valence-corrected chi connectivity index (χ2v) is 6.98. The topological polar surface area (TPSA) is 143 Å². The standard InChI is InChI=1S/C14H20N4O5S/c1-3-7(20)8-4-6(5(2)19)12(23-8)18-10-9(24-14(18)22)11(21)17-13(15)16-10/h5-8,12,19-20H,3-4H2,1-2H3,(H3,15,16,17,21)/t5-,6+,7+,8?,12-/m1/s1. The van der Waals surface area contributed by atoms with Gasteiger partial charge in [-0.25, -0.2) is 0 Å². The molecule has 3 heterocycles. The van der Waals surface area contributed by atoms with Crippen molar-refractivity contribution in [1.82, 2.24) is 14.5 Å². The number of aromatic nitrogens is 3. The van der Waals surface area contributed by atoms with Crippen LogP contribution < -0.4 is 16.2 Å². The van der Waals surface area contributed by atoms with E-state index in [2.05, 4.69) is 9.97 Å². The van der Waals surface area contributed by atoms with Crippen LogP contribution in [0.5, 0.6) is 0 Å². The normalized spacial score (nSPS) is 26.8. The molecular weight excluding hydrogens is 336 g/mol. The number of H-pyrrole nitrogens is 1. The minimum Gasteiger partial charge on any atom is -0.393 e. The highest BCUT2D eigenvalue weighted by Crippen LogP contribution is 2.39. The molecule has 0 aromatic carbocycles. The highest BCUT2D eigenvalue weighted by Gasteiger charge is 2.43. The average molecular weight is 356 g/mol. The summed E-state index contributed by atoms with van der Waals surface area (Å²) in [5.74, 6) is -0.509. The zero-order chi connectivity index (χ0) is 17.6. The largest absolute Gasteiger partial charge is 0.393 e. The summed E-state index contributed by atoms with van der Waals surface area (Å²) >= 11 is 0.752. The van der Waals surface area contributed by atoms with Crippen LogP contribution in [-0.4, -0.2) is 43.1 Å². The monoisotopic (exact) mass is 356 g/mol. The number of fused-ring (bicyclic) bond motifs is 1. The third-order valence-electron chi connectivity index (χ3n) is 4.40. The molecule has 5 atom stereocenters. The Morgan fingerprint density at radius 3 is 2.83 bits per heavy atom. The van der Waals surface area contributed by atoms with Crippen molar-refractivity contribution in [2.24, 2.45) is 5.92 Å². The molecule has 132 valence electrons. The Bertz CT molecular complexity index is 857. The SMILES string of the molecule is CC[C@H](O)C1C[C@@H]([C@@H](C)O)[C@H](n2c(=O)sc3c(=O)[nH]c(N)nc32)O1. The molecule has 1 saturated heterocycles. The number of ether oxygens (including phenoxy) is 1. The second-order valence-electron chi connectivity index (χ2n) is 6.02. The van der Waals surface area contributed by atoms with Crippen molar-refractivity contribution in [1.29, 1.82) is 0 Å². The molecule has 2 aromatic rings. The molecule has 0 amide bonds. The first kappa shape index (κ1) is 17.1. The van der Waals surface area contributed by atoms with E-state index in [1.807, 2.05) is 6.92 Å². The van der Waals surface area contributed by atoms with E-state index >= 15 is 0 Å². The van der Waals surface area contributed by atoms with Crippen molar-refractivity contribution in [3.63, 3.8) is 0 Å². The highest BCUT2D eigenvalue weighted by atomic mass is 32.1. The van der Waals surface area contributed by atoms with E-state index in [0.29, 0.717) is 12.8 Å². The molecular formula is C14H20N4O5S. The fraction of sp³-hybridized carbons (Fsp3) is 0.643. The lowest BCUT2D eigenvalue weighted by atomic mass is 9.95. The van der Waals surface area contributed by atoms with Crippen LogP contribution >= 0.6 is 11.3 Å². The fourth-order valence-electron chi connectivity index (χ4n) is 3.09. The number of anilines is 1. The number of hydrogen-bond acceptors (Lipinski definition) is 8. The first-order valence-electron chi connectivity index (χ1n) is 7.75. The Morgan fingerprint density at radius 2 is 2.21 bits per heavy atom. The number of nitrogens with one attached hydrogen (secondary N) is 1. The quantitative estimate of drug-likeness (QED) is 0.593. The Kier molecular flexibility index (Phi) is 4.47. The van der Waals surface area contributed by atoms with E-state index in [0.717, 1.165) is 11.3 Å². The van der Waals surface area contributed by atoms with Gasteiger partial charge in [0.1, 0.15) is 10.9 Å². The predicted octanol–water partition coefficient (Wildman–Crippen LogP) is -0.216. The van der Waals surface area contributed by atoms with E-state index < -0.39 is 40.9 Å². The summed E-state index contributed by atoms with van der Waals surface area (Å²) in [5.41, 5.74) is 5.23.